The van der Waals surface area contributed by atoms with Gasteiger partial charge in [0.1, 0.15) is 29.4 Å². The van der Waals surface area contributed by atoms with Crippen LogP contribution < -0.4 is 16.6 Å². The third kappa shape index (κ3) is 6.48. The number of oxime groups is 1. The number of carboxylic acids is 1. The summed E-state index contributed by atoms with van der Waals surface area (Å²) in [5.74, 6) is -3.24. The van der Waals surface area contributed by atoms with Gasteiger partial charge in [-0.05, 0) is 23.8 Å². The molecule has 1 aromatic carbocycles. The van der Waals surface area contributed by atoms with Gasteiger partial charge in [-0.2, -0.15) is 4.98 Å². The van der Waals surface area contributed by atoms with Crippen molar-refractivity contribution in [2.75, 3.05) is 17.2 Å². The first-order valence-corrected chi connectivity index (χ1v) is 15.9. The molecule has 2 aliphatic rings. The number of carboxylic acid groups (broad SMARTS) is 1. The molecular formula is C24H20Cl2N8O7S3. The van der Waals surface area contributed by atoms with Crippen LogP contribution in [-0.2, 0) is 32.9 Å². The van der Waals surface area contributed by atoms with Crippen LogP contribution in [0.3, 0.4) is 0 Å². The zero-order valence-electron chi connectivity index (χ0n) is 22.3. The number of carbonyl (C=O) groups excluding carboxylic acids is 2. The standard InChI is InChI=1S/C24H20Cl2N8O7S3/c1-33-24(30-18(36)19(37)31-33)44-7-10-6-42-21-15(20(38)34(21)16(10)22(39)40)29-17(35)14(13-8-43-23(27)28-13)32-41-5-9-4-11(25)2-3-12(9)26/h2-4,8,15,21H,5-7H2,1H3,(H2,27,28)(H,29,35)(H,31,37)(H,39,40)/b32-14-/t15-,21-/m1/s1. The number of thioether (sulfide) groups is 2. The fourth-order valence-corrected chi connectivity index (χ4v) is 7.45. The van der Waals surface area contributed by atoms with Crippen molar-refractivity contribution in [2.24, 2.45) is 12.2 Å². The third-order valence-corrected chi connectivity index (χ3v) is 9.91. The maximum atomic E-state index is 13.3. The Morgan fingerprint density at radius 3 is 2.77 bits per heavy atom. The molecular weight excluding hydrogens is 679 g/mol. The number of rotatable bonds is 10. The highest BCUT2D eigenvalue weighted by atomic mass is 35.5. The van der Waals surface area contributed by atoms with Crippen molar-refractivity contribution in [3.8, 4) is 5.88 Å². The van der Waals surface area contributed by atoms with Crippen LogP contribution in [0.25, 0.3) is 0 Å². The van der Waals surface area contributed by atoms with Gasteiger partial charge in [0, 0.05) is 39.5 Å². The van der Waals surface area contributed by atoms with Crippen LogP contribution in [0.2, 0.25) is 10.0 Å². The minimum atomic E-state index is -1.33. The largest absolute Gasteiger partial charge is 0.488 e. The van der Waals surface area contributed by atoms with E-state index in [0.717, 1.165) is 28.0 Å². The number of nitrogens with one attached hydrogen (secondary N) is 1. The molecule has 5 N–H and O–H groups in total. The summed E-state index contributed by atoms with van der Waals surface area (Å²) in [5.41, 5.74) is 5.38. The van der Waals surface area contributed by atoms with Crippen molar-refractivity contribution in [1.29, 1.82) is 0 Å². The average molecular weight is 700 g/mol. The number of halogens is 2. The number of hydrogen-bond acceptors (Lipinski definition) is 14. The van der Waals surface area contributed by atoms with Crippen molar-refractivity contribution in [3.05, 3.63) is 66.5 Å². The van der Waals surface area contributed by atoms with Crippen LogP contribution in [-0.4, -0.2) is 81.3 Å². The SMILES string of the molecule is Cn1nc(O)c(=O)nc1SCC1=C(C(=O)O)N2C(=O)[C@@H](NC(=O)/C(=N\OCc3cc(Cl)ccc3Cl)c3csc(N)n3)[C@H]2SC1. The Morgan fingerprint density at radius 1 is 1.30 bits per heavy atom. The topological polar surface area (TPSA) is 215 Å². The molecule has 4 heterocycles. The molecule has 0 bridgehead atoms. The molecule has 3 aromatic rings. The summed E-state index contributed by atoms with van der Waals surface area (Å²) >= 11 is 15.5. The molecule has 5 rings (SSSR count). The Balaban J connectivity index is 1.31. The van der Waals surface area contributed by atoms with Gasteiger partial charge in [-0.1, -0.05) is 40.1 Å². The number of carbonyl (C=O) groups is 3. The van der Waals surface area contributed by atoms with E-state index in [4.69, 9.17) is 33.8 Å². The van der Waals surface area contributed by atoms with Crippen molar-refractivity contribution in [2.45, 2.75) is 23.2 Å². The zero-order valence-corrected chi connectivity index (χ0v) is 26.2. The molecule has 20 heteroatoms. The van der Waals surface area contributed by atoms with Crippen molar-refractivity contribution < 1.29 is 29.4 Å². The number of fused-ring (bicyclic) bond motifs is 1. The number of aliphatic carboxylic acids is 1. The van der Waals surface area contributed by atoms with Gasteiger partial charge in [0.2, 0.25) is 0 Å². The number of aromatic nitrogens is 4. The number of β-lactam (4-membered cyclic amide) rings is 1. The number of benzene rings is 1. The predicted octanol–water partition coefficient (Wildman–Crippen LogP) is 1.68. The van der Waals surface area contributed by atoms with Crippen LogP contribution in [0, 0.1) is 0 Å². The molecule has 0 unspecified atom stereocenters. The highest BCUT2D eigenvalue weighted by molar-refractivity contribution is 8.01. The summed E-state index contributed by atoms with van der Waals surface area (Å²) in [5, 5.41) is 31.5. The lowest BCUT2D eigenvalue weighted by Gasteiger charge is -2.49. The molecule has 15 nitrogen and oxygen atoms in total. The second-order valence-electron chi connectivity index (χ2n) is 9.07. The summed E-state index contributed by atoms with van der Waals surface area (Å²) in [7, 11) is 1.47. The Bertz CT molecular complexity index is 1800. The molecule has 0 saturated carbocycles. The van der Waals surface area contributed by atoms with Gasteiger partial charge < -0.3 is 26.1 Å². The van der Waals surface area contributed by atoms with Crippen LogP contribution in [0.5, 0.6) is 5.88 Å². The van der Waals surface area contributed by atoms with E-state index in [9.17, 15) is 29.4 Å². The minimum absolute atomic E-state index is 0.0743. The molecule has 2 atom stereocenters. The molecule has 0 radical (unpaired) electrons. The van der Waals surface area contributed by atoms with E-state index in [2.05, 4.69) is 25.5 Å². The zero-order chi connectivity index (χ0) is 31.7. The number of hydrogen-bond donors (Lipinski definition) is 4. The van der Waals surface area contributed by atoms with E-state index < -0.39 is 40.6 Å². The summed E-state index contributed by atoms with van der Waals surface area (Å²) in [6.45, 7) is -0.123. The molecule has 2 aliphatic heterocycles. The van der Waals surface area contributed by atoms with Gasteiger partial charge in [0.25, 0.3) is 17.7 Å². The van der Waals surface area contributed by atoms with Crippen LogP contribution in [0.4, 0.5) is 5.13 Å². The first kappa shape index (κ1) is 31.6. The number of anilines is 1. The Labute approximate surface area is 270 Å². The molecule has 1 saturated heterocycles. The number of aryl methyl sites for hydroxylation is 1. The quantitative estimate of drug-likeness (QED) is 0.103. The van der Waals surface area contributed by atoms with Crippen LogP contribution >= 0.6 is 58.1 Å². The number of nitrogens with two attached hydrogens (primary N) is 1. The fourth-order valence-electron chi connectivity index (χ4n) is 4.14. The van der Waals surface area contributed by atoms with Gasteiger partial charge in [0.15, 0.2) is 16.0 Å². The number of nitrogens with zero attached hydrogens (tertiary/aromatic N) is 6. The lowest BCUT2D eigenvalue weighted by atomic mass is 10.0. The van der Waals surface area contributed by atoms with E-state index in [-0.39, 0.29) is 45.5 Å². The average Bonchev–Trinajstić information content (AvgIpc) is 3.41. The highest BCUT2D eigenvalue weighted by Gasteiger charge is 2.54. The number of thiazole rings is 1. The van der Waals surface area contributed by atoms with Gasteiger partial charge in [0.05, 0.1) is 0 Å². The normalized spacial score (nSPS) is 18.1. The van der Waals surface area contributed by atoms with Gasteiger partial charge in [-0.25, -0.2) is 14.5 Å². The predicted molar refractivity (Wildman–Crippen MR) is 164 cm³/mol. The highest BCUT2D eigenvalue weighted by Crippen LogP contribution is 2.41. The van der Waals surface area contributed by atoms with Gasteiger partial charge in [-0.15, -0.1) is 28.2 Å². The Morgan fingerprint density at radius 2 is 2.07 bits per heavy atom. The Hall–Kier alpha value is -3.84. The van der Waals surface area contributed by atoms with Crippen LogP contribution in [0.15, 0.2) is 50.0 Å². The monoisotopic (exact) mass is 698 g/mol. The van der Waals surface area contributed by atoms with Gasteiger partial charge >= 0.3 is 11.5 Å². The summed E-state index contributed by atoms with van der Waals surface area (Å²) < 4.78 is 1.18. The molecule has 2 aromatic heterocycles. The van der Waals surface area contributed by atoms with Crippen molar-refractivity contribution in [1.82, 2.24) is 30.0 Å². The van der Waals surface area contributed by atoms with Crippen molar-refractivity contribution in [3.63, 3.8) is 0 Å². The van der Waals surface area contributed by atoms with Crippen molar-refractivity contribution >= 4 is 86.7 Å². The number of nitrogen functional groups attached to an aromatic ring is 1. The molecule has 0 spiro atoms. The fraction of sp³-hybridized carbons (Fsp3) is 0.250. The summed E-state index contributed by atoms with van der Waals surface area (Å²) in [4.78, 5) is 64.8. The van der Waals surface area contributed by atoms with E-state index >= 15 is 0 Å². The summed E-state index contributed by atoms with van der Waals surface area (Å²) in [6, 6.07) is 3.71. The first-order chi connectivity index (χ1) is 20.9. The summed E-state index contributed by atoms with van der Waals surface area (Å²) in [6.07, 6.45) is 0. The molecule has 1 fully saturated rings. The molecule has 44 heavy (non-hydrogen) atoms. The molecule has 0 aliphatic carbocycles. The molecule has 230 valence electrons. The number of amides is 2. The minimum Gasteiger partial charge on any atom is -0.488 e. The first-order valence-electron chi connectivity index (χ1n) is 12.3. The van der Waals surface area contributed by atoms with Gasteiger partial charge in [-0.3, -0.25) is 19.3 Å². The maximum absolute atomic E-state index is 13.3. The van der Waals surface area contributed by atoms with Crippen LogP contribution in [0.1, 0.15) is 11.3 Å². The van der Waals surface area contributed by atoms with E-state index in [1.54, 1.807) is 18.2 Å². The lowest BCUT2D eigenvalue weighted by molar-refractivity contribution is -0.150. The second kappa shape index (κ2) is 13.0. The second-order valence-corrected chi connectivity index (χ2v) is 12.9. The van der Waals surface area contributed by atoms with E-state index in [1.165, 1.54) is 28.9 Å². The molecule has 2 amide bonds. The maximum Gasteiger partial charge on any atom is 0.352 e. The van der Waals surface area contributed by atoms with E-state index in [1.807, 2.05) is 0 Å². The van der Waals surface area contributed by atoms with E-state index in [0.29, 0.717) is 21.2 Å². The smallest absolute Gasteiger partial charge is 0.352 e. The third-order valence-electron chi connectivity index (χ3n) is 6.19. The Kier molecular flexibility index (Phi) is 9.35. The number of aromatic hydroxyl groups is 1. The lowest BCUT2D eigenvalue weighted by Crippen LogP contribution is -2.71.